The maximum atomic E-state index is 4.87. The van der Waals surface area contributed by atoms with Crippen molar-refractivity contribution < 1.29 is 0 Å². The Morgan fingerprint density at radius 2 is 1.57 bits per heavy atom. The lowest BCUT2D eigenvalue weighted by atomic mass is 10.2. The van der Waals surface area contributed by atoms with Gasteiger partial charge in [0.1, 0.15) is 5.82 Å². The van der Waals surface area contributed by atoms with Crippen LogP contribution >= 0.6 is 0 Å². The van der Waals surface area contributed by atoms with Gasteiger partial charge in [0.15, 0.2) is 5.82 Å². The molecular weight excluding hydrogens is 286 g/mol. The highest BCUT2D eigenvalue weighted by atomic mass is 15.2. The summed E-state index contributed by atoms with van der Waals surface area (Å²) in [6.07, 6.45) is 9.31. The summed E-state index contributed by atoms with van der Waals surface area (Å²) in [7, 11) is 0. The van der Waals surface area contributed by atoms with Crippen molar-refractivity contribution in [1.29, 1.82) is 0 Å². The Kier molecular flexibility index (Phi) is 4.76. The Hall–Kier alpha value is -2.56. The van der Waals surface area contributed by atoms with Crippen LogP contribution < -0.4 is 4.90 Å². The molecule has 5 heteroatoms. The van der Waals surface area contributed by atoms with Crippen molar-refractivity contribution in [3.63, 3.8) is 0 Å². The van der Waals surface area contributed by atoms with Crippen molar-refractivity contribution in [3.8, 4) is 11.4 Å². The summed E-state index contributed by atoms with van der Waals surface area (Å²) >= 11 is 0. The predicted octanol–water partition coefficient (Wildman–Crippen LogP) is 3.71. The minimum atomic E-state index is 0.722. The summed E-state index contributed by atoms with van der Waals surface area (Å²) in [4.78, 5) is 20.2. The van der Waals surface area contributed by atoms with Crippen molar-refractivity contribution in [1.82, 2.24) is 19.9 Å². The van der Waals surface area contributed by atoms with Gasteiger partial charge < -0.3 is 4.90 Å². The largest absolute Gasteiger partial charge is 0.356 e. The molecule has 0 aromatic carbocycles. The van der Waals surface area contributed by atoms with Crippen LogP contribution in [0.4, 0.5) is 5.82 Å². The molecule has 3 aromatic rings. The Morgan fingerprint density at radius 1 is 0.870 bits per heavy atom. The van der Waals surface area contributed by atoms with E-state index in [0.717, 1.165) is 54.0 Å². The average Bonchev–Trinajstić information content (AvgIpc) is 2.61. The monoisotopic (exact) mass is 307 g/mol. The molecule has 0 fully saturated rings. The third kappa shape index (κ3) is 3.28. The summed E-state index contributed by atoms with van der Waals surface area (Å²) in [6, 6.07) is 5.87. The van der Waals surface area contributed by atoms with E-state index in [-0.39, 0.29) is 0 Å². The first-order valence-corrected chi connectivity index (χ1v) is 8.10. The van der Waals surface area contributed by atoms with Crippen LogP contribution in [0.25, 0.3) is 22.3 Å². The molecule has 0 aliphatic rings. The Labute approximate surface area is 136 Å². The summed E-state index contributed by atoms with van der Waals surface area (Å²) < 4.78 is 0. The third-order valence-electron chi connectivity index (χ3n) is 3.70. The standard InChI is InChI=1S/C18H21N5/c1-3-11-23(12-4-2)18-15-7-10-20-13-16(15)21-17(22-18)14-5-8-19-9-6-14/h5-10,13H,3-4,11-12H2,1-2H3. The Bertz CT molecular complexity index is 767. The van der Waals surface area contributed by atoms with E-state index < -0.39 is 0 Å². The molecule has 0 spiro atoms. The molecule has 0 aliphatic carbocycles. The number of fused-ring (bicyclic) bond motifs is 1. The van der Waals surface area contributed by atoms with Crippen LogP contribution in [0.3, 0.4) is 0 Å². The second-order valence-electron chi connectivity index (χ2n) is 5.49. The first kappa shape index (κ1) is 15.3. The number of pyridine rings is 2. The third-order valence-corrected chi connectivity index (χ3v) is 3.70. The first-order chi connectivity index (χ1) is 11.3. The summed E-state index contributed by atoms with van der Waals surface area (Å²) in [5.41, 5.74) is 1.85. The van der Waals surface area contributed by atoms with Gasteiger partial charge in [0.2, 0.25) is 0 Å². The smallest absolute Gasteiger partial charge is 0.162 e. The van der Waals surface area contributed by atoms with Gasteiger partial charge in [0.25, 0.3) is 0 Å². The van der Waals surface area contributed by atoms with Gasteiger partial charge in [-0.3, -0.25) is 9.97 Å². The molecule has 0 saturated heterocycles. The Morgan fingerprint density at radius 3 is 2.26 bits per heavy atom. The van der Waals surface area contributed by atoms with Crippen LogP contribution in [0.5, 0.6) is 0 Å². The molecular formula is C18H21N5. The molecule has 0 unspecified atom stereocenters. The molecule has 0 amide bonds. The fourth-order valence-electron chi connectivity index (χ4n) is 2.70. The van der Waals surface area contributed by atoms with Gasteiger partial charge in [-0.15, -0.1) is 0 Å². The number of aromatic nitrogens is 4. The van der Waals surface area contributed by atoms with Crippen molar-refractivity contribution >= 4 is 16.7 Å². The zero-order valence-corrected chi connectivity index (χ0v) is 13.6. The predicted molar refractivity (Wildman–Crippen MR) is 93.4 cm³/mol. The summed E-state index contributed by atoms with van der Waals surface area (Å²) in [5.74, 6) is 1.72. The van der Waals surface area contributed by atoms with E-state index in [9.17, 15) is 0 Å². The minimum absolute atomic E-state index is 0.722. The van der Waals surface area contributed by atoms with E-state index >= 15 is 0 Å². The van der Waals surface area contributed by atoms with Crippen LogP contribution in [-0.4, -0.2) is 33.0 Å². The van der Waals surface area contributed by atoms with Gasteiger partial charge in [-0.2, -0.15) is 0 Å². The van der Waals surface area contributed by atoms with E-state index in [1.807, 2.05) is 18.2 Å². The molecule has 118 valence electrons. The lowest BCUT2D eigenvalue weighted by Crippen LogP contribution is -2.26. The lowest BCUT2D eigenvalue weighted by Gasteiger charge is -2.24. The lowest BCUT2D eigenvalue weighted by molar-refractivity contribution is 0.737. The first-order valence-electron chi connectivity index (χ1n) is 8.10. The number of anilines is 1. The molecule has 0 aliphatic heterocycles. The maximum absolute atomic E-state index is 4.87. The average molecular weight is 307 g/mol. The molecule has 3 heterocycles. The second-order valence-corrected chi connectivity index (χ2v) is 5.49. The molecule has 0 saturated carbocycles. The van der Waals surface area contributed by atoms with Gasteiger partial charge >= 0.3 is 0 Å². The number of nitrogens with zero attached hydrogens (tertiary/aromatic N) is 5. The van der Waals surface area contributed by atoms with Gasteiger partial charge in [-0.25, -0.2) is 9.97 Å². The van der Waals surface area contributed by atoms with Crippen molar-refractivity contribution in [3.05, 3.63) is 43.0 Å². The fourth-order valence-corrected chi connectivity index (χ4v) is 2.70. The van der Waals surface area contributed by atoms with Crippen molar-refractivity contribution in [2.75, 3.05) is 18.0 Å². The highest BCUT2D eigenvalue weighted by molar-refractivity contribution is 5.90. The summed E-state index contributed by atoms with van der Waals surface area (Å²) in [5, 5.41) is 1.06. The highest BCUT2D eigenvalue weighted by Gasteiger charge is 2.14. The molecule has 3 rings (SSSR count). The maximum Gasteiger partial charge on any atom is 0.162 e. The fraction of sp³-hybridized carbons (Fsp3) is 0.333. The molecule has 23 heavy (non-hydrogen) atoms. The minimum Gasteiger partial charge on any atom is -0.356 e. The van der Waals surface area contributed by atoms with Crippen LogP contribution in [-0.2, 0) is 0 Å². The normalized spacial score (nSPS) is 10.9. The van der Waals surface area contributed by atoms with Crippen LogP contribution in [0.2, 0.25) is 0 Å². The van der Waals surface area contributed by atoms with Crippen molar-refractivity contribution in [2.45, 2.75) is 26.7 Å². The number of hydrogen-bond acceptors (Lipinski definition) is 5. The zero-order valence-electron chi connectivity index (χ0n) is 13.6. The van der Waals surface area contributed by atoms with E-state index in [4.69, 9.17) is 4.98 Å². The molecule has 5 nitrogen and oxygen atoms in total. The van der Waals surface area contributed by atoms with Gasteiger partial charge in [0.05, 0.1) is 11.7 Å². The zero-order chi connectivity index (χ0) is 16.1. The SMILES string of the molecule is CCCN(CCC)c1nc(-c2ccncc2)nc2cnccc12. The van der Waals surface area contributed by atoms with E-state index in [2.05, 4.69) is 33.7 Å². The quantitative estimate of drug-likeness (QED) is 0.695. The van der Waals surface area contributed by atoms with E-state index in [1.54, 1.807) is 24.8 Å². The van der Waals surface area contributed by atoms with Crippen LogP contribution in [0.15, 0.2) is 43.0 Å². The van der Waals surface area contributed by atoms with Gasteiger partial charge in [0, 0.05) is 42.6 Å². The second kappa shape index (κ2) is 7.13. The molecule has 0 bridgehead atoms. The topological polar surface area (TPSA) is 54.8 Å². The number of hydrogen-bond donors (Lipinski definition) is 0. The Balaban J connectivity index is 2.17. The van der Waals surface area contributed by atoms with E-state index in [0.29, 0.717) is 0 Å². The molecule has 3 aromatic heterocycles. The van der Waals surface area contributed by atoms with Crippen LogP contribution in [0, 0.1) is 0 Å². The van der Waals surface area contributed by atoms with Crippen molar-refractivity contribution in [2.24, 2.45) is 0 Å². The number of rotatable bonds is 6. The highest BCUT2D eigenvalue weighted by Crippen LogP contribution is 2.27. The molecule has 0 radical (unpaired) electrons. The molecule has 0 N–H and O–H groups in total. The molecule has 0 atom stereocenters. The van der Waals surface area contributed by atoms with Crippen LogP contribution in [0.1, 0.15) is 26.7 Å². The van der Waals surface area contributed by atoms with E-state index in [1.165, 1.54) is 0 Å². The van der Waals surface area contributed by atoms with Gasteiger partial charge in [-0.05, 0) is 31.0 Å². The summed E-state index contributed by atoms with van der Waals surface area (Å²) in [6.45, 7) is 6.35. The van der Waals surface area contributed by atoms with Gasteiger partial charge in [-0.1, -0.05) is 13.8 Å².